The maximum Gasteiger partial charge on any atom is 0.154 e. The van der Waals surface area contributed by atoms with E-state index in [2.05, 4.69) is 37.0 Å². The molecule has 0 aromatic carbocycles. The molecular formula is C13H17BrN4. The summed E-state index contributed by atoms with van der Waals surface area (Å²) in [5, 5.41) is 5.54. The number of halogens is 1. The average molecular weight is 309 g/mol. The lowest BCUT2D eigenvalue weighted by molar-refractivity contribution is 0.575. The van der Waals surface area contributed by atoms with Crippen molar-refractivity contribution >= 4 is 27.3 Å². The number of nitrogens with zero attached hydrogens (tertiary/aromatic N) is 4. The van der Waals surface area contributed by atoms with Crippen molar-refractivity contribution in [2.45, 2.75) is 19.8 Å². The third kappa shape index (κ3) is 2.11. The highest BCUT2D eigenvalue weighted by atomic mass is 79.9. The van der Waals surface area contributed by atoms with Crippen molar-refractivity contribution in [2.75, 3.05) is 23.3 Å². The predicted molar refractivity (Wildman–Crippen MR) is 76.5 cm³/mol. The molecule has 0 amide bonds. The molecule has 1 aliphatic heterocycles. The van der Waals surface area contributed by atoms with Gasteiger partial charge in [0.25, 0.3) is 0 Å². The number of anilines is 1. The van der Waals surface area contributed by atoms with Gasteiger partial charge in [0.05, 0.1) is 5.69 Å². The number of hydrogen-bond donors (Lipinski definition) is 0. The van der Waals surface area contributed by atoms with Gasteiger partial charge in [-0.25, -0.2) is 9.50 Å². The molecule has 1 fully saturated rings. The Balaban J connectivity index is 1.90. The standard InChI is InChI=1S/C13H17BrN4/c1-10-8-12-13(15-5-7-18(12)16-10)17-6-3-11(9-17)2-4-14/h5,7-8,11H,2-4,6,9H2,1H3. The first kappa shape index (κ1) is 12.0. The summed E-state index contributed by atoms with van der Waals surface area (Å²) >= 11 is 3.53. The zero-order valence-electron chi connectivity index (χ0n) is 10.5. The van der Waals surface area contributed by atoms with Gasteiger partial charge in [-0.05, 0) is 31.7 Å². The number of hydrogen-bond acceptors (Lipinski definition) is 3. The van der Waals surface area contributed by atoms with Crippen LogP contribution < -0.4 is 4.90 Å². The minimum Gasteiger partial charge on any atom is -0.355 e. The largest absolute Gasteiger partial charge is 0.355 e. The van der Waals surface area contributed by atoms with Crippen LogP contribution in [0.4, 0.5) is 5.82 Å². The summed E-state index contributed by atoms with van der Waals surface area (Å²) in [5.41, 5.74) is 2.16. The van der Waals surface area contributed by atoms with Gasteiger partial charge in [-0.1, -0.05) is 15.9 Å². The van der Waals surface area contributed by atoms with Gasteiger partial charge in [0.15, 0.2) is 5.82 Å². The van der Waals surface area contributed by atoms with Crippen LogP contribution in [0.25, 0.3) is 5.52 Å². The Morgan fingerprint density at radius 1 is 1.50 bits per heavy atom. The Morgan fingerprint density at radius 2 is 2.39 bits per heavy atom. The van der Waals surface area contributed by atoms with Gasteiger partial charge < -0.3 is 4.90 Å². The number of aromatic nitrogens is 3. The Morgan fingerprint density at radius 3 is 3.22 bits per heavy atom. The van der Waals surface area contributed by atoms with Crippen LogP contribution in [-0.4, -0.2) is 33.0 Å². The monoisotopic (exact) mass is 308 g/mol. The van der Waals surface area contributed by atoms with Gasteiger partial charge in [0.1, 0.15) is 5.52 Å². The molecule has 5 heteroatoms. The highest BCUT2D eigenvalue weighted by molar-refractivity contribution is 9.09. The minimum atomic E-state index is 0.787. The maximum absolute atomic E-state index is 4.55. The number of alkyl halides is 1. The fourth-order valence-corrected chi connectivity index (χ4v) is 3.34. The first-order valence-corrected chi connectivity index (χ1v) is 7.52. The highest BCUT2D eigenvalue weighted by Gasteiger charge is 2.24. The molecule has 0 spiro atoms. The Hall–Kier alpha value is -1.10. The molecule has 0 aliphatic carbocycles. The second kappa shape index (κ2) is 4.88. The van der Waals surface area contributed by atoms with Gasteiger partial charge in [-0.3, -0.25) is 0 Å². The van der Waals surface area contributed by atoms with E-state index in [0.29, 0.717) is 0 Å². The highest BCUT2D eigenvalue weighted by Crippen LogP contribution is 2.27. The van der Waals surface area contributed by atoms with Crippen molar-refractivity contribution in [1.82, 2.24) is 14.6 Å². The molecule has 1 unspecified atom stereocenters. The number of aryl methyl sites for hydroxylation is 1. The molecule has 1 saturated heterocycles. The lowest BCUT2D eigenvalue weighted by atomic mass is 10.1. The van der Waals surface area contributed by atoms with Crippen LogP contribution in [0.2, 0.25) is 0 Å². The SMILES string of the molecule is Cc1cc2c(N3CCC(CCBr)C3)nccn2n1. The minimum absolute atomic E-state index is 0.787. The van der Waals surface area contributed by atoms with E-state index in [9.17, 15) is 0 Å². The molecule has 96 valence electrons. The Kier molecular flexibility index (Phi) is 3.24. The summed E-state index contributed by atoms with van der Waals surface area (Å²) in [4.78, 5) is 6.94. The fraction of sp³-hybridized carbons (Fsp3) is 0.538. The van der Waals surface area contributed by atoms with Gasteiger partial charge in [0.2, 0.25) is 0 Å². The van der Waals surface area contributed by atoms with Crippen LogP contribution in [0.1, 0.15) is 18.5 Å². The molecule has 4 nitrogen and oxygen atoms in total. The lowest BCUT2D eigenvalue weighted by Crippen LogP contribution is -2.21. The van der Waals surface area contributed by atoms with E-state index in [-0.39, 0.29) is 0 Å². The summed E-state index contributed by atoms with van der Waals surface area (Å²) in [6, 6.07) is 2.11. The van der Waals surface area contributed by atoms with E-state index in [0.717, 1.165) is 41.4 Å². The van der Waals surface area contributed by atoms with E-state index >= 15 is 0 Å². The van der Waals surface area contributed by atoms with Crippen molar-refractivity contribution in [3.8, 4) is 0 Å². The van der Waals surface area contributed by atoms with E-state index in [4.69, 9.17) is 0 Å². The van der Waals surface area contributed by atoms with Crippen LogP contribution in [0, 0.1) is 12.8 Å². The molecule has 0 saturated carbocycles. The van der Waals surface area contributed by atoms with E-state index in [1.807, 2.05) is 23.8 Å². The van der Waals surface area contributed by atoms with Gasteiger partial charge in [-0.2, -0.15) is 5.10 Å². The summed E-state index contributed by atoms with van der Waals surface area (Å²) in [6.07, 6.45) is 6.27. The molecule has 3 heterocycles. The van der Waals surface area contributed by atoms with Crippen molar-refractivity contribution in [3.05, 3.63) is 24.2 Å². The number of rotatable bonds is 3. The Labute approximate surface area is 115 Å². The molecule has 2 aromatic rings. The predicted octanol–water partition coefficient (Wildman–Crippen LogP) is 2.65. The van der Waals surface area contributed by atoms with Crippen LogP contribution in [0.15, 0.2) is 18.5 Å². The molecule has 3 rings (SSSR count). The van der Waals surface area contributed by atoms with Crippen LogP contribution in [0.3, 0.4) is 0 Å². The molecule has 1 atom stereocenters. The normalized spacial score (nSPS) is 19.9. The number of fused-ring (bicyclic) bond motifs is 1. The van der Waals surface area contributed by atoms with Crippen LogP contribution >= 0.6 is 15.9 Å². The topological polar surface area (TPSA) is 33.4 Å². The molecule has 1 aliphatic rings. The maximum atomic E-state index is 4.55. The quantitative estimate of drug-likeness (QED) is 0.817. The zero-order chi connectivity index (χ0) is 12.5. The third-order valence-corrected chi connectivity index (χ3v) is 4.05. The smallest absolute Gasteiger partial charge is 0.154 e. The summed E-state index contributed by atoms with van der Waals surface area (Å²) in [7, 11) is 0. The molecular weight excluding hydrogens is 292 g/mol. The second-order valence-electron chi connectivity index (χ2n) is 4.94. The average Bonchev–Trinajstić information content (AvgIpc) is 2.94. The summed E-state index contributed by atoms with van der Waals surface area (Å²) in [5.74, 6) is 1.87. The fourth-order valence-electron chi connectivity index (χ4n) is 2.69. The third-order valence-electron chi connectivity index (χ3n) is 3.59. The first-order chi connectivity index (χ1) is 8.78. The zero-order valence-corrected chi connectivity index (χ0v) is 12.1. The van der Waals surface area contributed by atoms with Crippen molar-refractivity contribution in [1.29, 1.82) is 0 Å². The van der Waals surface area contributed by atoms with Crippen LogP contribution in [-0.2, 0) is 0 Å². The van der Waals surface area contributed by atoms with Gasteiger partial charge >= 0.3 is 0 Å². The molecule has 2 aromatic heterocycles. The van der Waals surface area contributed by atoms with Crippen molar-refractivity contribution in [2.24, 2.45) is 5.92 Å². The lowest BCUT2D eigenvalue weighted by Gasteiger charge is -2.18. The van der Waals surface area contributed by atoms with Crippen molar-refractivity contribution in [3.63, 3.8) is 0 Å². The Bertz CT molecular complexity index is 551. The van der Waals surface area contributed by atoms with E-state index in [1.165, 1.54) is 12.8 Å². The second-order valence-corrected chi connectivity index (χ2v) is 5.74. The van der Waals surface area contributed by atoms with Gasteiger partial charge in [0, 0.05) is 30.8 Å². The molecule has 0 bridgehead atoms. The molecule has 18 heavy (non-hydrogen) atoms. The first-order valence-electron chi connectivity index (χ1n) is 6.40. The molecule has 0 N–H and O–H groups in total. The van der Waals surface area contributed by atoms with E-state index in [1.54, 1.807) is 0 Å². The van der Waals surface area contributed by atoms with Crippen molar-refractivity contribution < 1.29 is 0 Å². The summed E-state index contributed by atoms with van der Waals surface area (Å²) < 4.78 is 1.93. The van der Waals surface area contributed by atoms with Gasteiger partial charge in [-0.15, -0.1) is 0 Å². The summed E-state index contributed by atoms with van der Waals surface area (Å²) in [6.45, 7) is 4.24. The van der Waals surface area contributed by atoms with Crippen LogP contribution in [0.5, 0.6) is 0 Å². The van der Waals surface area contributed by atoms with E-state index < -0.39 is 0 Å². The molecule has 0 radical (unpaired) electrons.